The highest BCUT2D eigenvalue weighted by Gasteiger charge is 2.23. The van der Waals surface area contributed by atoms with E-state index in [9.17, 15) is 9.67 Å². The van der Waals surface area contributed by atoms with E-state index in [-0.39, 0.29) is 6.61 Å². The van der Waals surface area contributed by atoms with Gasteiger partial charge >= 0.3 is 0 Å². The van der Waals surface area contributed by atoms with Gasteiger partial charge in [-0.25, -0.2) is 0 Å². The van der Waals surface area contributed by atoms with Gasteiger partial charge in [-0.05, 0) is 24.2 Å². The van der Waals surface area contributed by atoms with Crippen LogP contribution in [-0.4, -0.2) is 17.8 Å². The molecule has 0 spiro atoms. The molecule has 0 saturated carbocycles. The zero-order chi connectivity index (χ0) is 20.4. The monoisotopic (exact) mass is 406 g/mol. The SMILES string of the molecule is O=P(/C=C/CCC(O)COCc1ccccc1)(c1ccccc1)c1ccccc1. The largest absolute Gasteiger partial charge is 0.391 e. The summed E-state index contributed by atoms with van der Waals surface area (Å²) >= 11 is 0. The zero-order valence-electron chi connectivity index (χ0n) is 16.4. The third-order valence-corrected chi connectivity index (χ3v) is 7.44. The maximum absolute atomic E-state index is 13.8. The lowest BCUT2D eigenvalue weighted by Gasteiger charge is -2.15. The Bertz CT molecular complexity index is 881. The van der Waals surface area contributed by atoms with Crippen LogP contribution in [-0.2, 0) is 15.9 Å². The first kappa shape index (κ1) is 21.3. The lowest BCUT2D eigenvalue weighted by atomic mass is 10.2. The van der Waals surface area contributed by atoms with Crippen LogP contribution in [0.5, 0.6) is 0 Å². The minimum atomic E-state index is -2.84. The lowest BCUT2D eigenvalue weighted by molar-refractivity contribution is 0.0251. The van der Waals surface area contributed by atoms with E-state index in [0.717, 1.165) is 16.2 Å². The highest BCUT2D eigenvalue weighted by molar-refractivity contribution is 7.81. The maximum atomic E-state index is 13.8. The molecule has 0 heterocycles. The van der Waals surface area contributed by atoms with Gasteiger partial charge in [-0.3, -0.25) is 0 Å². The number of aliphatic hydroxyl groups excluding tert-OH is 1. The number of hydrogen-bond donors (Lipinski definition) is 1. The summed E-state index contributed by atoms with van der Waals surface area (Å²) in [5, 5.41) is 11.8. The smallest absolute Gasteiger partial charge is 0.163 e. The van der Waals surface area contributed by atoms with Gasteiger partial charge in [0.2, 0.25) is 0 Å². The normalized spacial score (nSPS) is 12.9. The van der Waals surface area contributed by atoms with E-state index < -0.39 is 13.2 Å². The predicted octanol–water partition coefficient (Wildman–Crippen LogP) is 4.87. The van der Waals surface area contributed by atoms with Gasteiger partial charge in [0.25, 0.3) is 0 Å². The summed E-state index contributed by atoms with van der Waals surface area (Å²) in [6.07, 6.45) is 2.58. The third kappa shape index (κ3) is 6.27. The van der Waals surface area contributed by atoms with Gasteiger partial charge in [-0.2, -0.15) is 0 Å². The number of aliphatic hydroxyl groups is 1. The Morgan fingerprint density at radius 2 is 1.34 bits per heavy atom. The fourth-order valence-electron chi connectivity index (χ4n) is 3.10. The Kier molecular flexibility index (Phi) is 8.01. The summed E-state index contributed by atoms with van der Waals surface area (Å²) in [5.41, 5.74) is 1.09. The van der Waals surface area contributed by atoms with Crippen molar-refractivity contribution in [3.05, 3.63) is 108 Å². The van der Waals surface area contributed by atoms with Crippen LogP contribution >= 0.6 is 7.14 Å². The highest BCUT2D eigenvalue weighted by Crippen LogP contribution is 2.45. The van der Waals surface area contributed by atoms with Crippen molar-refractivity contribution in [1.82, 2.24) is 0 Å². The van der Waals surface area contributed by atoms with Crippen molar-refractivity contribution in [3.63, 3.8) is 0 Å². The molecule has 0 aromatic heterocycles. The molecule has 3 aromatic rings. The first-order chi connectivity index (χ1) is 14.2. The van der Waals surface area contributed by atoms with Crippen LogP contribution in [0.2, 0.25) is 0 Å². The van der Waals surface area contributed by atoms with Crippen LogP contribution in [0.3, 0.4) is 0 Å². The van der Waals surface area contributed by atoms with E-state index in [4.69, 9.17) is 4.74 Å². The van der Waals surface area contributed by atoms with Crippen LogP contribution in [0.1, 0.15) is 18.4 Å². The maximum Gasteiger partial charge on any atom is 0.163 e. The van der Waals surface area contributed by atoms with Crippen molar-refractivity contribution in [3.8, 4) is 0 Å². The Morgan fingerprint density at radius 3 is 1.90 bits per heavy atom. The summed E-state index contributed by atoms with van der Waals surface area (Å²) in [6.45, 7) is 0.780. The van der Waals surface area contributed by atoms with Crippen molar-refractivity contribution in [1.29, 1.82) is 0 Å². The van der Waals surface area contributed by atoms with Crippen molar-refractivity contribution >= 4 is 17.8 Å². The molecule has 1 unspecified atom stereocenters. The van der Waals surface area contributed by atoms with Gasteiger partial charge in [-0.1, -0.05) is 97.1 Å². The summed E-state index contributed by atoms with van der Waals surface area (Å²) in [5.74, 6) is 1.81. The number of hydrogen-bond acceptors (Lipinski definition) is 3. The van der Waals surface area contributed by atoms with E-state index in [1.165, 1.54) is 0 Å². The standard InChI is InChI=1S/C25H27O3P/c26-23(21-28-20-22-12-4-1-5-13-22)14-10-11-19-29(27,24-15-6-2-7-16-24)25-17-8-3-9-18-25/h1-9,11-13,15-19,23,26H,10,14,20-21H2/b19-11+. The quantitative estimate of drug-likeness (QED) is 0.489. The minimum absolute atomic E-state index is 0.289. The molecule has 3 rings (SSSR count). The third-order valence-electron chi connectivity index (χ3n) is 4.68. The molecule has 0 saturated heterocycles. The van der Waals surface area contributed by atoms with Crippen molar-refractivity contribution in [2.75, 3.05) is 6.61 Å². The van der Waals surface area contributed by atoms with Crippen LogP contribution in [0.4, 0.5) is 0 Å². The zero-order valence-corrected chi connectivity index (χ0v) is 17.3. The van der Waals surface area contributed by atoms with Gasteiger partial charge in [0.05, 0.1) is 19.3 Å². The second kappa shape index (κ2) is 10.9. The van der Waals surface area contributed by atoms with Crippen molar-refractivity contribution < 1.29 is 14.4 Å². The topological polar surface area (TPSA) is 46.5 Å². The molecule has 0 aliphatic carbocycles. The summed E-state index contributed by atoms with van der Waals surface area (Å²) < 4.78 is 19.4. The predicted molar refractivity (Wildman–Crippen MR) is 120 cm³/mol. The molecular formula is C25H27O3P. The summed E-state index contributed by atoms with van der Waals surface area (Å²) in [6, 6.07) is 29.0. The van der Waals surface area contributed by atoms with Crippen LogP contribution < -0.4 is 10.6 Å². The molecule has 3 nitrogen and oxygen atoms in total. The molecule has 4 heteroatoms. The number of ether oxygens (including phenoxy) is 1. The molecule has 0 amide bonds. The molecule has 1 atom stereocenters. The first-order valence-electron chi connectivity index (χ1n) is 9.87. The van der Waals surface area contributed by atoms with E-state index in [0.29, 0.717) is 19.4 Å². The Labute approximate surface area is 173 Å². The Morgan fingerprint density at radius 1 is 0.828 bits per heavy atom. The van der Waals surface area contributed by atoms with Crippen molar-refractivity contribution in [2.45, 2.75) is 25.6 Å². The van der Waals surface area contributed by atoms with Crippen LogP contribution in [0.25, 0.3) is 0 Å². The first-order valence-corrected chi connectivity index (χ1v) is 11.6. The second-order valence-corrected chi connectivity index (χ2v) is 9.59. The average Bonchev–Trinajstić information content (AvgIpc) is 2.78. The Hall–Kier alpha value is -2.45. The lowest BCUT2D eigenvalue weighted by Crippen LogP contribution is -2.15. The molecule has 0 aliphatic rings. The molecule has 0 fully saturated rings. The second-order valence-electron chi connectivity index (χ2n) is 6.95. The average molecular weight is 406 g/mol. The summed E-state index contributed by atoms with van der Waals surface area (Å²) in [4.78, 5) is 0. The molecular weight excluding hydrogens is 379 g/mol. The van der Waals surface area contributed by atoms with E-state index in [2.05, 4.69) is 0 Å². The number of rotatable bonds is 10. The molecule has 0 bridgehead atoms. The van der Waals surface area contributed by atoms with Gasteiger partial charge in [0, 0.05) is 10.6 Å². The molecule has 0 aliphatic heterocycles. The number of benzene rings is 3. The van der Waals surface area contributed by atoms with Gasteiger partial charge < -0.3 is 14.4 Å². The van der Waals surface area contributed by atoms with Crippen LogP contribution in [0.15, 0.2) is 103 Å². The van der Waals surface area contributed by atoms with Gasteiger partial charge in [-0.15, -0.1) is 0 Å². The van der Waals surface area contributed by atoms with Gasteiger partial charge in [0.1, 0.15) is 0 Å². The Balaban J connectivity index is 1.56. The molecule has 150 valence electrons. The number of allylic oxidation sites excluding steroid dienone is 1. The van der Waals surface area contributed by atoms with E-state index in [1.807, 2.05) is 103 Å². The van der Waals surface area contributed by atoms with Crippen LogP contribution in [0, 0.1) is 0 Å². The highest BCUT2D eigenvalue weighted by atomic mass is 31.2. The minimum Gasteiger partial charge on any atom is -0.391 e. The van der Waals surface area contributed by atoms with Gasteiger partial charge in [0.15, 0.2) is 7.14 Å². The van der Waals surface area contributed by atoms with E-state index in [1.54, 1.807) is 0 Å². The molecule has 29 heavy (non-hydrogen) atoms. The molecule has 3 aromatic carbocycles. The fourth-order valence-corrected chi connectivity index (χ4v) is 5.42. The van der Waals surface area contributed by atoms with E-state index >= 15 is 0 Å². The molecule has 0 radical (unpaired) electrons. The fraction of sp³-hybridized carbons (Fsp3) is 0.200. The summed E-state index contributed by atoms with van der Waals surface area (Å²) in [7, 11) is -2.84. The van der Waals surface area contributed by atoms with Crippen molar-refractivity contribution in [2.24, 2.45) is 0 Å². The molecule has 1 N–H and O–H groups in total.